The summed E-state index contributed by atoms with van der Waals surface area (Å²) in [5.74, 6) is 0.526. The molecule has 3 aromatic heterocycles. The molecule has 0 bridgehead atoms. The lowest BCUT2D eigenvalue weighted by Crippen LogP contribution is -2.29. The Hall–Kier alpha value is -2.21. The standard InChI is InChI=1S/C17H18N4OS/c1-11-10-23-15(19-11)8-12-5-7-21(9-12)17(22)14-3-2-13-4-6-18-16(13)20-14/h2-4,6,10,12H,5,7-9H2,1H3,(H,18,20). The summed E-state index contributed by atoms with van der Waals surface area (Å²) in [6, 6.07) is 5.71. The summed E-state index contributed by atoms with van der Waals surface area (Å²) in [5.41, 5.74) is 2.37. The molecule has 23 heavy (non-hydrogen) atoms. The number of aromatic amines is 1. The number of amides is 1. The van der Waals surface area contributed by atoms with Crippen LogP contribution in [0.2, 0.25) is 0 Å². The Labute approximate surface area is 138 Å². The Morgan fingerprint density at radius 3 is 3.13 bits per heavy atom. The average molecular weight is 326 g/mol. The Kier molecular flexibility index (Phi) is 3.61. The van der Waals surface area contributed by atoms with Gasteiger partial charge in [-0.2, -0.15) is 0 Å². The van der Waals surface area contributed by atoms with E-state index in [0.717, 1.165) is 42.7 Å². The molecule has 5 nitrogen and oxygen atoms in total. The summed E-state index contributed by atoms with van der Waals surface area (Å²) in [7, 11) is 0. The van der Waals surface area contributed by atoms with Crippen molar-refractivity contribution in [2.75, 3.05) is 13.1 Å². The van der Waals surface area contributed by atoms with E-state index in [9.17, 15) is 4.79 Å². The van der Waals surface area contributed by atoms with Gasteiger partial charge in [0.1, 0.15) is 11.3 Å². The van der Waals surface area contributed by atoms with Gasteiger partial charge >= 0.3 is 0 Å². The topological polar surface area (TPSA) is 61.9 Å². The van der Waals surface area contributed by atoms with Crippen LogP contribution >= 0.6 is 11.3 Å². The van der Waals surface area contributed by atoms with Crippen LogP contribution in [0.4, 0.5) is 0 Å². The third-order valence-electron chi connectivity index (χ3n) is 4.33. The fraction of sp³-hybridized carbons (Fsp3) is 0.353. The molecule has 1 saturated heterocycles. The van der Waals surface area contributed by atoms with Crippen molar-refractivity contribution in [2.24, 2.45) is 5.92 Å². The second-order valence-corrected chi connectivity index (χ2v) is 7.05. The van der Waals surface area contributed by atoms with Gasteiger partial charge in [-0.3, -0.25) is 4.79 Å². The maximum absolute atomic E-state index is 12.7. The fourth-order valence-electron chi connectivity index (χ4n) is 3.14. The number of fused-ring (bicyclic) bond motifs is 1. The third-order valence-corrected chi connectivity index (χ3v) is 5.32. The van der Waals surface area contributed by atoms with E-state index in [1.807, 2.05) is 36.2 Å². The second kappa shape index (κ2) is 5.77. The van der Waals surface area contributed by atoms with Gasteiger partial charge in [0.15, 0.2) is 0 Å². The van der Waals surface area contributed by atoms with Crippen molar-refractivity contribution in [3.8, 4) is 0 Å². The zero-order valence-corrected chi connectivity index (χ0v) is 13.8. The summed E-state index contributed by atoms with van der Waals surface area (Å²) >= 11 is 1.71. The Balaban J connectivity index is 1.45. The monoisotopic (exact) mass is 326 g/mol. The van der Waals surface area contributed by atoms with Crippen molar-refractivity contribution in [2.45, 2.75) is 19.8 Å². The molecule has 1 atom stereocenters. The number of H-pyrrole nitrogens is 1. The van der Waals surface area contributed by atoms with Crippen molar-refractivity contribution in [3.05, 3.63) is 46.2 Å². The number of rotatable bonds is 3. The summed E-state index contributed by atoms with van der Waals surface area (Å²) in [6.45, 7) is 3.62. The fourth-order valence-corrected chi connectivity index (χ4v) is 4.03. The molecule has 3 aromatic rings. The minimum Gasteiger partial charge on any atom is -0.346 e. The number of nitrogens with one attached hydrogen (secondary N) is 1. The number of aryl methyl sites for hydroxylation is 1. The molecule has 0 saturated carbocycles. The van der Waals surface area contributed by atoms with Gasteiger partial charge in [0.25, 0.3) is 5.91 Å². The summed E-state index contributed by atoms with van der Waals surface area (Å²) in [6.07, 6.45) is 3.84. The van der Waals surface area contributed by atoms with Crippen LogP contribution < -0.4 is 0 Å². The molecular formula is C17H18N4OS. The molecule has 1 amide bonds. The van der Waals surface area contributed by atoms with Gasteiger partial charge in [0.05, 0.1) is 5.01 Å². The number of hydrogen-bond donors (Lipinski definition) is 1. The quantitative estimate of drug-likeness (QED) is 0.805. The molecule has 1 fully saturated rings. The molecule has 1 aliphatic heterocycles. The Morgan fingerprint density at radius 1 is 1.39 bits per heavy atom. The van der Waals surface area contributed by atoms with Crippen LogP contribution in [-0.2, 0) is 6.42 Å². The molecule has 0 aromatic carbocycles. The predicted molar refractivity (Wildman–Crippen MR) is 90.7 cm³/mol. The van der Waals surface area contributed by atoms with Gasteiger partial charge in [-0.1, -0.05) is 0 Å². The van der Waals surface area contributed by atoms with E-state index < -0.39 is 0 Å². The molecule has 6 heteroatoms. The average Bonchev–Trinajstić information content (AvgIpc) is 3.27. The highest BCUT2D eigenvalue weighted by molar-refractivity contribution is 7.09. The normalized spacial score (nSPS) is 18.0. The molecule has 0 radical (unpaired) electrons. The minimum absolute atomic E-state index is 0.0271. The van der Waals surface area contributed by atoms with E-state index in [1.54, 1.807) is 11.3 Å². The molecule has 4 rings (SSSR count). The molecule has 4 heterocycles. The van der Waals surface area contributed by atoms with E-state index in [2.05, 4.69) is 20.3 Å². The maximum Gasteiger partial charge on any atom is 0.272 e. The Bertz CT molecular complexity index is 853. The van der Waals surface area contributed by atoms with Crippen molar-refractivity contribution in [3.63, 3.8) is 0 Å². The lowest BCUT2D eigenvalue weighted by atomic mass is 10.1. The zero-order valence-electron chi connectivity index (χ0n) is 13.0. The number of nitrogens with zero attached hydrogens (tertiary/aromatic N) is 3. The van der Waals surface area contributed by atoms with Crippen LogP contribution in [0.25, 0.3) is 11.0 Å². The van der Waals surface area contributed by atoms with Crippen molar-refractivity contribution in [1.29, 1.82) is 0 Å². The van der Waals surface area contributed by atoms with Crippen molar-refractivity contribution >= 4 is 28.3 Å². The molecule has 1 unspecified atom stereocenters. The van der Waals surface area contributed by atoms with E-state index in [4.69, 9.17) is 0 Å². The molecule has 1 N–H and O–H groups in total. The number of likely N-dealkylation sites (tertiary alicyclic amines) is 1. The van der Waals surface area contributed by atoms with Gasteiger partial charge < -0.3 is 9.88 Å². The van der Waals surface area contributed by atoms with Crippen LogP contribution in [-0.4, -0.2) is 38.8 Å². The van der Waals surface area contributed by atoms with E-state index >= 15 is 0 Å². The van der Waals surface area contributed by atoms with Crippen molar-refractivity contribution in [1.82, 2.24) is 19.9 Å². The summed E-state index contributed by atoms with van der Waals surface area (Å²) in [4.78, 5) is 26.6. The highest BCUT2D eigenvalue weighted by Crippen LogP contribution is 2.24. The van der Waals surface area contributed by atoms with Crippen LogP contribution in [0, 0.1) is 12.8 Å². The van der Waals surface area contributed by atoms with Gasteiger partial charge in [0.2, 0.25) is 0 Å². The number of carbonyl (C=O) groups is 1. The van der Waals surface area contributed by atoms with Crippen LogP contribution in [0.5, 0.6) is 0 Å². The first-order valence-corrected chi connectivity index (χ1v) is 8.71. The third kappa shape index (κ3) is 2.86. The molecular weight excluding hydrogens is 308 g/mol. The Morgan fingerprint density at radius 2 is 2.30 bits per heavy atom. The smallest absolute Gasteiger partial charge is 0.272 e. The molecule has 0 spiro atoms. The van der Waals surface area contributed by atoms with Gasteiger partial charge in [-0.15, -0.1) is 11.3 Å². The zero-order chi connectivity index (χ0) is 15.8. The number of carbonyl (C=O) groups excluding carboxylic acids is 1. The molecule has 0 aliphatic carbocycles. The molecule has 1 aliphatic rings. The van der Waals surface area contributed by atoms with Crippen molar-refractivity contribution < 1.29 is 4.79 Å². The largest absolute Gasteiger partial charge is 0.346 e. The number of hydrogen-bond acceptors (Lipinski definition) is 4. The number of aromatic nitrogens is 3. The first kappa shape index (κ1) is 14.4. The van der Waals surface area contributed by atoms with Gasteiger partial charge in [-0.25, -0.2) is 9.97 Å². The van der Waals surface area contributed by atoms with Crippen LogP contribution in [0.1, 0.15) is 27.6 Å². The first-order valence-electron chi connectivity index (χ1n) is 7.83. The molecule has 118 valence electrons. The van der Waals surface area contributed by atoms with Crippen LogP contribution in [0.3, 0.4) is 0 Å². The maximum atomic E-state index is 12.7. The van der Waals surface area contributed by atoms with E-state index in [-0.39, 0.29) is 5.91 Å². The number of thiazole rings is 1. The van der Waals surface area contributed by atoms with E-state index in [1.165, 1.54) is 5.01 Å². The number of pyridine rings is 1. The van der Waals surface area contributed by atoms with Gasteiger partial charge in [-0.05, 0) is 37.5 Å². The lowest BCUT2D eigenvalue weighted by Gasteiger charge is -2.15. The predicted octanol–water partition coefficient (Wildman–Crippen LogP) is 3.03. The summed E-state index contributed by atoms with van der Waals surface area (Å²) in [5, 5.41) is 4.29. The van der Waals surface area contributed by atoms with Gasteiger partial charge in [0, 0.05) is 42.2 Å². The highest BCUT2D eigenvalue weighted by atomic mass is 32.1. The minimum atomic E-state index is 0.0271. The summed E-state index contributed by atoms with van der Waals surface area (Å²) < 4.78 is 0. The lowest BCUT2D eigenvalue weighted by molar-refractivity contribution is 0.0781. The van der Waals surface area contributed by atoms with Crippen LogP contribution in [0.15, 0.2) is 29.8 Å². The first-order chi connectivity index (χ1) is 11.2. The SMILES string of the molecule is Cc1csc(CC2CCN(C(=O)c3ccc4cc[nH]c4n3)C2)n1. The highest BCUT2D eigenvalue weighted by Gasteiger charge is 2.28. The second-order valence-electron chi connectivity index (χ2n) is 6.10. The van der Waals surface area contributed by atoms with E-state index in [0.29, 0.717) is 11.6 Å².